The molecule has 1 atom stereocenters. The van der Waals surface area contributed by atoms with E-state index >= 15 is 0 Å². The zero-order valence-corrected chi connectivity index (χ0v) is 15.2. The van der Waals surface area contributed by atoms with Crippen LogP contribution in [0.15, 0.2) is 54.6 Å². The van der Waals surface area contributed by atoms with Crippen molar-refractivity contribution in [3.8, 4) is 0 Å². The first-order valence-electron chi connectivity index (χ1n) is 9.29. The molecule has 2 aromatic carbocycles. The Bertz CT molecular complexity index is 795. The number of aryl methyl sites for hydroxylation is 1. The monoisotopic (exact) mass is 350 g/mol. The van der Waals surface area contributed by atoms with Gasteiger partial charge in [-0.15, -0.1) is 0 Å². The number of para-hydroxylation sites is 2. The summed E-state index contributed by atoms with van der Waals surface area (Å²) in [5, 5.41) is 6.03. The van der Waals surface area contributed by atoms with Gasteiger partial charge in [-0.2, -0.15) is 0 Å². The molecular formula is C21H26N4O. The van der Waals surface area contributed by atoms with Crippen LogP contribution in [-0.2, 0) is 6.42 Å². The maximum atomic E-state index is 12.2. The SMILES string of the molecule is CCC[C@@H](NC(=O)NCCCc1nc2ccccc2[nH]1)c1ccccc1. The highest BCUT2D eigenvalue weighted by Gasteiger charge is 2.13. The Kier molecular flexibility index (Phi) is 6.25. The average Bonchev–Trinajstić information content (AvgIpc) is 3.08. The van der Waals surface area contributed by atoms with E-state index in [9.17, 15) is 4.79 Å². The van der Waals surface area contributed by atoms with Crippen molar-refractivity contribution in [3.05, 3.63) is 66.0 Å². The minimum Gasteiger partial charge on any atom is -0.342 e. The summed E-state index contributed by atoms with van der Waals surface area (Å²) in [5.74, 6) is 0.960. The number of aromatic nitrogens is 2. The third kappa shape index (κ3) is 4.85. The van der Waals surface area contributed by atoms with Crippen molar-refractivity contribution in [2.24, 2.45) is 0 Å². The van der Waals surface area contributed by atoms with Gasteiger partial charge < -0.3 is 15.6 Å². The van der Waals surface area contributed by atoms with E-state index in [4.69, 9.17) is 0 Å². The number of amides is 2. The number of urea groups is 1. The van der Waals surface area contributed by atoms with Crippen molar-refractivity contribution in [1.29, 1.82) is 0 Å². The highest BCUT2D eigenvalue weighted by Crippen LogP contribution is 2.17. The van der Waals surface area contributed by atoms with Gasteiger partial charge in [0.05, 0.1) is 17.1 Å². The number of nitrogens with one attached hydrogen (secondary N) is 3. The van der Waals surface area contributed by atoms with Gasteiger partial charge in [-0.05, 0) is 30.5 Å². The lowest BCUT2D eigenvalue weighted by Crippen LogP contribution is -2.38. The first kappa shape index (κ1) is 18.0. The van der Waals surface area contributed by atoms with Crippen LogP contribution in [0, 0.1) is 0 Å². The van der Waals surface area contributed by atoms with Gasteiger partial charge in [0.2, 0.25) is 0 Å². The molecular weight excluding hydrogens is 324 g/mol. The Morgan fingerprint density at radius 3 is 2.65 bits per heavy atom. The Labute approximate surface area is 154 Å². The molecule has 0 bridgehead atoms. The smallest absolute Gasteiger partial charge is 0.315 e. The summed E-state index contributed by atoms with van der Waals surface area (Å²) in [6.45, 7) is 2.75. The second-order valence-corrected chi connectivity index (χ2v) is 6.46. The van der Waals surface area contributed by atoms with Gasteiger partial charge >= 0.3 is 6.03 Å². The lowest BCUT2D eigenvalue weighted by Gasteiger charge is -2.19. The number of H-pyrrole nitrogens is 1. The molecule has 0 aliphatic rings. The van der Waals surface area contributed by atoms with Crippen LogP contribution in [0.25, 0.3) is 11.0 Å². The minimum atomic E-state index is -0.114. The third-order valence-corrected chi connectivity index (χ3v) is 4.40. The van der Waals surface area contributed by atoms with Crippen LogP contribution in [0.1, 0.15) is 43.6 Å². The molecule has 3 aromatic rings. The van der Waals surface area contributed by atoms with Crippen LogP contribution in [-0.4, -0.2) is 22.5 Å². The summed E-state index contributed by atoms with van der Waals surface area (Å²) in [6.07, 6.45) is 3.60. The van der Waals surface area contributed by atoms with Crippen LogP contribution < -0.4 is 10.6 Å². The van der Waals surface area contributed by atoms with Crippen molar-refractivity contribution in [1.82, 2.24) is 20.6 Å². The zero-order chi connectivity index (χ0) is 18.2. The molecule has 5 heteroatoms. The van der Waals surface area contributed by atoms with Crippen LogP contribution in [0.2, 0.25) is 0 Å². The summed E-state index contributed by atoms with van der Waals surface area (Å²) in [4.78, 5) is 20.1. The molecule has 0 saturated heterocycles. The third-order valence-electron chi connectivity index (χ3n) is 4.40. The standard InChI is InChI=1S/C21H26N4O/c1-2-9-17(16-10-4-3-5-11-16)25-21(26)22-15-8-14-20-23-18-12-6-7-13-19(18)24-20/h3-7,10-13,17H,2,8-9,14-15H2,1H3,(H,23,24)(H2,22,25,26)/t17-/m1/s1. The van der Waals surface area contributed by atoms with Crippen LogP contribution >= 0.6 is 0 Å². The topological polar surface area (TPSA) is 69.8 Å². The number of hydrogen-bond acceptors (Lipinski definition) is 2. The van der Waals surface area contributed by atoms with E-state index in [0.29, 0.717) is 6.54 Å². The van der Waals surface area contributed by atoms with Gasteiger partial charge in [-0.3, -0.25) is 0 Å². The molecule has 26 heavy (non-hydrogen) atoms. The second-order valence-electron chi connectivity index (χ2n) is 6.46. The van der Waals surface area contributed by atoms with Gasteiger partial charge in [-0.25, -0.2) is 9.78 Å². The van der Waals surface area contributed by atoms with E-state index in [1.54, 1.807) is 0 Å². The zero-order valence-electron chi connectivity index (χ0n) is 15.2. The quantitative estimate of drug-likeness (QED) is 0.529. The molecule has 1 aromatic heterocycles. The molecule has 0 fully saturated rings. The number of rotatable bonds is 8. The van der Waals surface area contributed by atoms with Crippen molar-refractivity contribution in [3.63, 3.8) is 0 Å². The molecule has 0 radical (unpaired) electrons. The van der Waals surface area contributed by atoms with Crippen molar-refractivity contribution < 1.29 is 4.79 Å². The number of hydrogen-bond donors (Lipinski definition) is 3. The second kappa shape index (κ2) is 9.04. The predicted molar refractivity (Wildman–Crippen MR) is 105 cm³/mol. The normalized spacial score (nSPS) is 12.0. The van der Waals surface area contributed by atoms with E-state index < -0.39 is 0 Å². The fraction of sp³-hybridized carbons (Fsp3) is 0.333. The van der Waals surface area contributed by atoms with Crippen LogP contribution in [0.5, 0.6) is 0 Å². The van der Waals surface area contributed by atoms with Gasteiger partial charge in [0.1, 0.15) is 5.82 Å². The molecule has 0 spiro atoms. The first-order valence-corrected chi connectivity index (χ1v) is 9.29. The number of fused-ring (bicyclic) bond motifs is 1. The molecule has 3 N–H and O–H groups in total. The van der Waals surface area contributed by atoms with Crippen LogP contribution in [0.4, 0.5) is 4.79 Å². The molecule has 3 rings (SSSR count). The Balaban J connectivity index is 1.44. The first-order chi connectivity index (χ1) is 12.8. The molecule has 0 aliphatic heterocycles. The molecule has 0 aliphatic carbocycles. The van der Waals surface area contributed by atoms with Gasteiger partial charge in [0.25, 0.3) is 0 Å². The number of imidazole rings is 1. The van der Waals surface area contributed by atoms with E-state index in [0.717, 1.165) is 48.1 Å². The van der Waals surface area contributed by atoms with Crippen LogP contribution in [0.3, 0.4) is 0 Å². The maximum absolute atomic E-state index is 12.2. The lowest BCUT2D eigenvalue weighted by atomic mass is 10.0. The molecule has 136 valence electrons. The highest BCUT2D eigenvalue weighted by molar-refractivity contribution is 5.75. The fourth-order valence-electron chi connectivity index (χ4n) is 3.09. The highest BCUT2D eigenvalue weighted by atomic mass is 16.2. The Hall–Kier alpha value is -2.82. The summed E-state index contributed by atoms with van der Waals surface area (Å²) in [6, 6.07) is 18.1. The summed E-state index contributed by atoms with van der Waals surface area (Å²) >= 11 is 0. The van der Waals surface area contributed by atoms with Gasteiger partial charge in [-0.1, -0.05) is 55.8 Å². The number of carbonyl (C=O) groups excluding carboxylic acids is 1. The van der Waals surface area contributed by atoms with E-state index in [2.05, 4.69) is 39.7 Å². The molecule has 1 heterocycles. The summed E-state index contributed by atoms with van der Waals surface area (Å²) in [7, 11) is 0. The van der Waals surface area contributed by atoms with E-state index in [1.807, 2.05) is 42.5 Å². The maximum Gasteiger partial charge on any atom is 0.315 e. The number of benzene rings is 2. The lowest BCUT2D eigenvalue weighted by molar-refractivity contribution is 0.236. The number of aromatic amines is 1. The molecule has 0 unspecified atom stereocenters. The molecule has 2 amide bonds. The average molecular weight is 350 g/mol. The fourth-order valence-corrected chi connectivity index (χ4v) is 3.09. The van der Waals surface area contributed by atoms with E-state index in [1.165, 1.54) is 0 Å². The predicted octanol–water partition coefficient (Wildman–Crippen LogP) is 4.34. The van der Waals surface area contributed by atoms with Crippen molar-refractivity contribution in [2.75, 3.05) is 6.54 Å². The van der Waals surface area contributed by atoms with Gasteiger partial charge in [0.15, 0.2) is 0 Å². The number of nitrogens with zero attached hydrogens (tertiary/aromatic N) is 1. The Morgan fingerprint density at radius 1 is 1.12 bits per heavy atom. The Morgan fingerprint density at radius 2 is 1.88 bits per heavy atom. The van der Waals surface area contributed by atoms with E-state index in [-0.39, 0.29) is 12.1 Å². The minimum absolute atomic E-state index is 0.0524. The van der Waals surface area contributed by atoms with Crippen molar-refractivity contribution >= 4 is 17.1 Å². The summed E-state index contributed by atoms with van der Waals surface area (Å²) < 4.78 is 0. The number of carbonyl (C=O) groups is 1. The van der Waals surface area contributed by atoms with Gasteiger partial charge in [0, 0.05) is 13.0 Å². The largest absolute Gasteiger partial charge is 0.342 e. The molecule has 5 nitrogen and oxygen atoms in total. The molecule has 0 saturated carbocycles. The van der Waals surface area contributed by atoms with Crippen molar-refractivity contribution in [2.45, 2.75) is 38.6 Å². The summed E-state index contributed by atoms with van der Waals surface area (Å²) in [5.41, 5.74) is 3.18.